The second-order valence-electron chi connectivity index (χ2n) is 10.9. The SMILES string of the molecule is CC[C@@]1(O)C(=O)OCc2c1cc1n(c2=O)Cc2c-1nc1cc(F)c(OC)cc1c2CN1CCC([C@@H](C)O)CC1. The van der Waals surface area contributed by atoms with Crippen molar-refractivity contribution in [2.24, 2.45) is 5.92 Å². The molecule has 1 aromatic carbocycles. The topological polar surface area (TPSA) is 114 Å². The maximum absolute atomic E-state index is 14.8. The number of fused-ring (bicyclic) bond motifs is 5. The number of hydrogen-bond donors (Lipinski definition) is 2. The second kappa shape index (κ2) is 9.39. The molecule has 0 bridgehead atoms. The van der Waals surface area contributed by atoms with E-state index in [-0.39, 0.29) is 54.0 Å². The Balaban J connectivity index is 1.52. The minimum absolute atomic E-state index is 0.0540. The molecule has 0 radical (unpaired) electrons. The van der Waals surface area contributed by atoms with Crippen molar-refractivity contribution >= 4 is 16.9 Å². The van der Waals surface area contributed by atoms with Gasteiger partial charge < -0.3 is 24.3 Å². The fourth-order valence-corrected chi connectivity index (χ4v) is 6.32. The molecule has 9 nitrogen and oxygen atoms in total. The number of nitrogens with zero attached hydrogens (tertiary/aromatic N) is 3. The molecule has 39 heavy (non-hydrogen) atoms. The Morgan fingerprint density at radius 3 is 2.64 bits per heavy atom. The molecule has 0 saturated carbocycles. The molecule has 2 atom stereocenters. The molecule has 2 N–H and O–H groups in total. The first-order chi connectivity index (χ1) is 18.7. The van der Waals surface area contributed by atoms with Crippen LogP contribution in [-0.2, 0) is 34.8 Å². The van der Waals surface area contributed by atoms with Gasteiger partial charge in [-0.15, -0.1) is 0 Å². The predicted molar refractivity (Wildman–Crippen MR) is 141 cm³/mol. The monoisotopic (exact) mass is 537 g/mol. The zero-order chi connectivity index (χ0) is 27.6. The van der Waals surface area contributed by atoms with E-state index in [4.69, 9.17) is 14.5 Å². The zero-order valence-corrected chi connectivity index (χ0v) is 22.3. The number of cyclic esters (lactones) is 1. The quantitative estimate of drug-likeness (QED) is 0.374. The van der Waals surface area contributed by atoms with E-state index in [1.807, 2.05) is 6.92 Å². The number of carbonyl (C=O) groups excluding carboxylic acids is 1. The summed E-state index contributed by atoms with van der Waals surface area (Å²) in [5, 5.41) is 22.0. The molecule has 0 amide bonds. The third-order valence-corrected chi connectivity index (χ3v) is 8.78. The van der Waals surface area contributed by atoms with Crippen LogP contribution in [0, 0.1) is 11.7 Å². The van der Waals surface area contributed by atoms with E-state index in [0.717, 1.165) is 42.4 Å². The van der Waals surface area contributed by atoms with Crippen LogP contribution in [0.4, 0.5) is 4.39 Å². The Morgan fingerprint density at radius 2 is 1.97 bits per heavy atom. The van der Waals surface area contributed by atoms with Gasteiger partial charge in [0.05, 0.1) is 42.2 Å². The third-order valence-electron chi connectivity index (χ3n) is 8.78. The molecule has 1 saturated heterocycles. The largest absolute Gasteiger partial charge is 0.494 e. The van der Waals surface area contributed by atoms with Gasteiger partial charge in [0, 0.05) is 29.1 Å². The highest BCUT2D eigenvalue weighted by atomic mass is 19.1. The number of aromatic nitrogens is 2. The summed E-state index contributed by atoms with van der Waals surface area (Å²) in [5.74, 6) is -0.941. The fraction of sp³-hybridized carbons (Fsp3) is 0.483. The summed E-state index contributed by atoms with van der Waals surface area (Å²) >= 11 is 0. The molecular formula is C29H32FN3O6. The number of piperidine rings is 1. The molecule has 3 aliphatic heterocycles. The summed E-state index contributed by atoms with van der Waals surface area (Å²) in [6.45, 7) is 5.72. The van der Waals surface area contributed by atoms with E-state index in [1.165, 1.54) is 13.2 Å². The summed E-state index contributed by atoms with van der Waals surface area (Å²) in [5.41, 5.74) is 1.49. The van der Waals surface area contributed by atoms with Crippen molar-refractivity contribution in [2.45, 2.75) is 64.5 Å². The minimum Gasteiger partial charge on any atom is -0.494 e. The normalized spacial score (nSPS) is 21.8. The average molecular weight is 538 g/mol. The first kappa shape index (κ1) is 25.9. The van der Waals surface area contributed by atoms with Gasteiger partial charge in [-0.3, -0.25) is 9.69 Å². The van der Waals surface area contributed by atoms with E-state index in [2.05, 4.69) is 4.90 Å². The summed E-state index contributed by atoms with van der Waals surface area (Å²) in [4.78, 5) is 33.3. The molecule has 0 unspecified atom stereocenters. The van der Waals surface area contributed by atoms with Crippen LogP contribution in [0.15, 0.2) is 23.0 Å². The highest BCUT2D eigenvalue weighted by Gasteiger charge is 2.45. The third kappa shape index (κ3) is 3.96. The van der Waals surface area contributed by atoms with Gasteiger partial charge in [-0.05, 0) is 62.9 Å². The first-order valence-electron chi connectivity index (χ1n) is 13.4. The molecular weight excluding hydrogens is 505 g/mol. The molecule has 0 aliphatic carbocycles. The number of ether oxygens (including phenoxy) is 2. The molecule has 6 rings (SSSR count). The van der Waals surface area contributed by atoms with Crippen molar-refractivity contribution in [1.82, 2.24) is 14.5 Å². The standard InChI is InChI=1S/C29H32FN3O6/c1-4-29(37)21-10-24-26-19(13-33(24)27(35)20(21)14-39-28(29)36)18(12-32-7-5-16(6-8-32)15(2)34)17-9-25(38-3)22(30)11-23(17)31-26/h9-11,15-16,34,37H,4-8,12-14H2,1-3H3/t15-,29+/m1/s1. The Bertz CT molecular complexity index is 1560. The van der Waals surface area contributed by atoms with Gasteiger partial charge in [-0.2, -0.15) is 0 Å². The fourth-order valence-electron chi connectivity index (χ4n) is 6.32. The van der Waals surface area contributed by atoms with Crippen LogP contribution in [0.5, 0.6) is 5.75 Å². The molecule has 2 aromatic heterocycles. The van der Waals surface area contributed by atoms with Crippen molar-refractivity contribution < 1.29 is 28.9 Å². The summed E-state index contributed by atoms with van der Waals surface area (Å²) < 4.78 is 26.9. The number of likely N-dealkylation sites (tertiary alicyclic amines) is 1. The van der Waals surface area contributed by atoms with Crippen molar-refractivity contribution in [2.75, 3.05) is 20.2 Å². The zero-order valence-electron chi connectivity index (χ0n) is 22.3. The van der Waals surface area contributed by atoms with Gasteiger partial charge in [0.15, 0.2) is 17.2 Å². The van der Waals surface area contributed by atoms with Gasteiger partial charge in [-0.1, -0.05) is 6.92 Å². The van der Waals surface area contributed by atoms with E-state index in [9.17, 15) is 24.2 Å². The number of methoxy groups -OCH3 is 1. The van der Waals surface area contributed by atoms with Gasteiger partial charge in [-0.25, -0.2) is 14.2 Å². The van der Waals surface area contributed by atoms with E-state index < -0.39 is 17.4 Å². The minimum atomic E-state index is -1.92. The average Bonchev–Trinajstić information content (AvgIpc) is 3.29. The number of carbonyl (C=O) groups is 1. The van der Waals surface area contributed by atoms with Gasteiger partial charge in [0.1, 0.15) is 6.61 Å². The number of rotatable bonds is 5. The molecule has 1 fully saturated rings. The number of hydrogen-bond acceptors (Lipinski definition) is 8. The van der Waals surface area contributed by atoms with Crippen LogP contribution in [0.25, 0.3) is 22.3 Å². The Kier molecular flexibility index (Phi) is 6.24. The van der Waals surface area contributed by atoms with Gasteiger partial charge in [0.2, 0.25) is 0 Å². The van der Waals surface area contributed by atoms with Crippen molar-refractivity contribution in [3.8, 4) is 17.1 Å². The lowest BCUT2D eigenvalue weighted by Crippen LogP contribution is -2.44. The van der Waals surface area contributed by atoms with E-state index in [0.29, 0.717) is 23.4 Å². The van der Waals surface area contributed by atoms with Crippen molar-refractivity contribution in [3.63, 3.8) is 0 Å². The molecule has 0 spiro atoms. The lowest BCUT2D eigenvalue weighted by atomic mass is 9.86. The molecule has 206 valence electrons. The smallest absolute Gasteiger partial charge is 0.343 e. The van der Waals surface area contributed by atoms with Crippen LogP contribution in [0.2, 0.25) is 0 Å². The van der Waals surface area contributed by atoms with Crippen LogP contribution < -0.4 is 10.3 Å². The molecule has 5 heterocycles. The van der Waals surface area contributed by atoms with Crippen LogP contribution >= 0.6 is 0 Å². The molecule has 3 aromatic rings. The molecule has 3 aliphatic rings. The Hall–Kier alpha value is -3.34. The summed E-state index contributed by atoms with van der Waals surface area (Å²) in [7, 11) is 1.42. The first-order valence-corrected chi connectivity index (χ1v) is 13.4. The number of pyridine rings is 2. The van der Waals surface area contributed by atoms with Crippen LogP contribution in [-0.4, -0.2) is 56.9 Å². The Labute approximate surface area is 224 Å². The summed E-state index contributed by atoms with van der Waals surface area (Å²) in [6, 6.07) is 4.68. The highest BCUT2D eigenvalue weighted by molar-refractivity contribution is 5.90. The van der Waals surface area contributed by atoms with Crippen LogP contribution in [0.3, 0.4) is 0 Å². The lowest BCUT2D eigenvalue weighted by Gasteiger charge is -2.33. The van der Waals surface area contributed by atoms with Crippen LogP contribution in [0.1, 0.15) is 55.4 Å². The van der Waals surface area contributed by atoms with Crippen molar-refractivity contribution in [3.05, 3.63) is 56.6 Å². The number of benzene rings is 1. The number of halogens is 1. The highest BCUT2D eigenvalue weighted by Crippen LogP contribution is 2.41. The summed E-state index contributed by atoms with van der Waals surface area (Å²) in [6.07, 6.45) is 1.45. The van der Waals surface area contributed by atoms with Crippen molar-refractivity contribution in [1.29, 1.82) is 0 Å². The Morgan fingerprint density at radius 1 is 1.23 bits per heavy atom. The lowest BCUT2D eigenvalue weighted by molar-refractivity contribution is -0.172. The second-order valence-corrected chi connectivity index (χ2v) is 10.9. The maximum atomic E-state index is 14.8. The van der Waals surface area contributed by atoms with E-state index >= 15 is 0 Å². The van der Waals surface area contributed by atoms with Gasteiger partial charge in [0.25, 0.3) is 5.56 Å². The predicted octanol–water partition coefficient (Wildman–Crippen LogP) is 2.82. The number of esters is 1. The van der Waals surface area contributed by atoms with Gasteiger partial charge >= 0.3 is 5.97 Å². The maximum Gasteiger partial charge on any atom is 0.343 e. The van der Waals surface area contributed by atoms with E-state index in [1.54, 1.807) is 23.6 Å². The number of aliphatic hydroxyl groups excluding tert-OH is 1. The molecule has 10 heteroatoms. The number of aliphatic hydroxyl groups is 2.